The Morgan fingerprint density at radius 3 is 2.62 bits per heavy atom. The lowest BCUT2D eigenvalue weighted by atomic mass is 10.1. The van der Waals surface area contributed by atoms with Gasteiger partial charge in [0.05, 0.1) is 12.1 Å². The van der Waals surface area contributed by atoms with Crippen molar-refractivity contribution in [3.8, 4) is 0 Å². The Labute approximate surface area is 141 Å². The number of benzene rings is 1. The van der Waals surface area contributed by atoms with Gasteiger partial charge in [-0.15, -0.1) is 5.10 Å². The van der Waals surface area contributed by atoms with E-state index >= 15 is 0 Å². The number of hydrogen-bond donors (Lipinski definition) is 1. The molecule has 130 valence electrons. The molecule has 0 bridgehead atoms. The number of aryl methyl sites for hydroxylation is 1. The summed E-state index contributed by atoms with van der Waals surface area (Å²) in [7, 11) is 4.32. The first-order valence-electron chi connectivity index (χ1n) is 6.82. The van der Waals surface area contributed by atoms with E-state index in [0.29, 0.717) is 21.0 Å². The lowest BCUT2D eigenvalue weighted by Gasteiger charge is -2.16. The van der Waals surface area contributed by atoms with Gasteiger partial charge in [-0.2, -0.15) is 13.2 Å². The van der Waals surface area contributed by atoms with E-state index in [4.69, 9.17) is 11.6 Å². The Kier molecular flexibility index (Phi) is 5.02. The van der Waals surface area contributed by atoms with Crippen LogP contribution in [0.4, 0.5) is 18.9 Å². The summed E-state index contributed by atoms with van der Waals surface area (Å²) < 4.78 is 39.8. The zero-order valence-corrected chi connectivity index (χ0v) is 13.9. The standard InChI is InChI=1S/C14H15ClF3N5O/c1-22(2)13(24)9-5-4-8(15)6-10(9)19-7-11-12(14(16,17)18)23(3)21-20-11/h4-6,19H,7H2,1-3H3. The van der Waals surface area contributed by atoms with E-state index in [0.717, 1.165) is 0 Å². The Morgan fingerprint density at radius 2 is 2.04 bits per heavy atom. The largest absolute Gasteiger partial charge is 0.434 e. The molecule has 0 saturated heterocycles. The molecule has 0 aliphatic rings. The Balaban J connectivity index is 2.31. The van der Waals surface area contributed by atoms with Crippen LogP contribution >= 0.6 is 11.6 Å². The van der Waals surface area contributed by atoms with Crippen molar-refractivity contribution >= 4 is 23.2 Å². The summed E-state index contributed by atoms with van der Waals surface area (Å²) >= 11 is 5.91. The van der Waals surface area contributed by atoms with Gasteiger partial charge >= 0.3 is 6.18 Å². The van der Waals surface area contributed by atoms with E-state index in [1.165, 1.54) is 30.1 Å². The van der Waals surface area contributed by atoms with Crippen LogP contribution in [-0.2, 0) is 19.8 Å². The summed E-state index contributed by atoms with van der Waals surface area (Å²) in [6.45, 7) is -0.253. The summed E-state index contributed by atoms with van der Waals surface area (Å²) in [6.07, 6.45) is -4.58. The van der Waals surface area contributed by atoms with Crippen LogP contribution in [-0.4, -0.2) is 39.9 Å². The lowest BCUT2D eigenvalue weighted by molar-refractivity contribution is -0.144. The molecule has 1 amide bonds. The van der Waals surface area contributed by atoms with E-state index in [-0.39, 0.29) is 18.1 Å². The number of rotatable bonds is 4. The number of nitrogens with zero attached hydrogens (tertiary/aromatic N) is 4. The van der Waals surface area contributed by atoms with Gasteiger partial charge in [0.25, 0.3) is 5.91 Å². The maximum absolute atomic E-state index is 13.0. The van der Waals surface area contributed by atoms with Crippen molar-refractivity contribution in [1.82, 2.24) is 19.9 Å². The maximum atomic E-state index is 13.0. The monoisotopic (exact) mass is 361 g/mol. The van der Waals surface area contributed by atoms with Crippen LogP contribution in [0.3, 0.4) is 0 Å². The summed E-state index contributed by atoms with van der Waals surface area (Å²) in [5, 5.41) is 10.1. The molecule has 0 atom stereocenters. The molecule has 0 spiro atoms. The normalized spacial score (nSPS) is 11.5. The molecule has 2 rings (SSSR count). The lowest BCUT2D eigenvalue weighted by Crippen LogP contribution is -2.23. The SMILES string of the molecule is CN(C)C(=O)c1ccc(Cl)cc1NCc1nnn(C)c1C(F)(F)F. The van der Waals surface area contributed by atoms with Gasteiger partial charge in [-0.3, -0.25) is 4.79 Å². The third-order valence-corrected chi connectivity index (χ3v) is 3.46. The average molecular weight is 362 g/mol. The van der Waals surface area contributed by atoms with Crippen LogP contribution in [0.1, 0.15) is 21.7 Å². The molecule has 24 heavy (non-hydrogen) atoms. The quantitative estimate of drug-likeness (QED) is 0.909. The average Bonchev–Trinajstić information content (AvgIpc) is 2.85. The first-order valence-corrected chi connectivity index (χ1v) is 7.20. The highest BCUT2D eigenvalue weighted by atomic mass is 35.5. The first-order chi connectivity index (χ1) is 11.1. The van der Waals surface area contributed by atoms with Crippen LogP contribution in [0.15, 0.2) is 18.2 Å². The highest BCUT2D eigenvalue weighted by Gasteiger charge is 2.38. The smallest absolute Gasteiger partial charge is 0.379 e. The second kappa shape index (κ2) is 6.68. The van der Waals surface area contributed by atoms with Crippen molar-refractivity contribution in [3.63, 3.8) is 0 Å². The van der Waals surface area contributed by atoms with Gasteiger partial charge in [0.1, 0.15) is 5.69 Å². The van der Waals surface area contributed by atoms with Gasteiger partial charge in [0, 0.05) is 31.9 Å². The van der Waals surface area contributed by atoms with Crippen LogP contribution in [0.2, 0.25) is 5.02 Å². The fraction of sp³-hybridized carbons (Fsp3) is 0.357. The molecule has 0 unspecified atom stereocenters. The minimum Gasteiger partial charge on any atom is -0.379 e. The molecule has 1 heterocycles. The zero-order valence-electron chi connectivity index (χ0n) is 13.1. The number of alkyl halides is 3. The highest BCUT2D eigenvalue weighted by molar-refractivity contribution is 6.31. The second-order valence-corrected chi connectivity index (χ2v) is 5.69. The molecule has 0 aliphatic heterocycles. The van der Waals surface area contributed by atoms with Crippen molar-refractivity contribution in [2.75, 3.05) is 19.4 Å². The van der Waals surface area contributed by atoms with Crippen molar-refractivity contribution in [1.29, 1.82) is 0 Å². The Hall–Kier alpha value is -2.29. The third-order valence-electron chi connectivity index (χ3n) is 3.23. The summed E-state index contributed by atoms with van der Waals surface area (Å²) in [5.41, 5.74) is -0.604. The first kappa shape index (κ1) is 18.1. The van der Waals surface area contributed by atoms with E-state index in [2.05, 4.69) is 15.6 Å². The molecule has 0 saturated carbocycles. The number of anilines is 1. The van der Waals surface area contributed by atoms with Gasteiger partial charge in [-0.05, 0) is 18.2 Å². The molecule has 0 radical (unpaired) electrons. The third kappa shape index (κ3) is 3.78. The molecule has 1 N–H and O–H groups in total. The van der Waals surface area contributed by atoms with Crippen molar-refractivity contribution < 1.29 is 18.0 Å². The van der Waals surface area contributed by atoms with Gasteiger partial charge in [-0.25, -0.2) is 4.68 Å². The maximum Gasteiger partial charge on any atom is 0.434 e. The van der Waals surface area contributed by atoms with E-state index in [1.807, 2.05) is 0 Å². The number of hydrogen-bond acceptors (Lipinski definition) is 4. The number of carbonyl (C=O) groups excluding carboxylic acids is 1. The molecule has 6 nitrogen and oxygen atoms in total. The van der Waals surface area contributed by atoms with Crippen molar-refractivity contribution in [2.24, 2.45) is 7.05 Å². The summed E-state index contributed by atoms with van der Waals surface area (Å²) in [5.74, 6) is -0.302. The molecule has 1 aromatic heterocycles. The molecule has 0 fully saturated rings. The molecule has 10 heteroatoms. The Bertz CT molecular complexity index is 757. The van der Waals surface area contributed by atoms with Gasteiger partial charge in [0.2, 0.25) is 0 Å². The molecular weight excluding hydrogens is 347 g/mol. The van der Waals surface area contributed by atoms with Crippen LogP contribution in [0, 0.1) is 0 Å². The molecular formula is C14H15ClF3N5O. The van der Waals surface area contributed by atoms with Gasteiger partial charge in [0.15, 0.2) is 5.69 Å². The highest BCUT2D eigenvalue weighted by Crippen LogP contribution is 2.31. The van der Waals surface area contributed by atoms with E-state index in [1.54, 1.807) is 14.1 Å². The second-order valence-electron chi connectivity index (χ2n) is 5.25. The number of amides is 1. The fourth-order valence-corrected chi connectivity index (χ4v) is 2.31. The minimum atomic E-state index is -4.58. The minimum absolute atomic E-state index is 0.253. The van der Waals surface area contributed by atoms with E-state index < -0.39 is 11.9 Å². The number of carbonyl (C=O) groups is 1. The Morgan fingerprint density at radius 1 is 1.38 bits per heavy atom. The molecule has 2 aromatic rings. The number of aromatic nitrogens is 3. The van der Waals surface area contributed by atoms with Gasteiger partial charge < -0.3 is 10.2 Å². The predicted octanol–water partition coefficient (Wildman–Crippen LogP) is 2.80. The molecule has 0 aliphatic carbocycles. The zero-order chi connectivity index (χ0) is 18.1. The van der Waals surface area contributed by atoms with E-state index in [9.17, 15) is 18.0 Å². The molecule has 1 aromatic carbocycles. The topological polar surface area (TPSA) is 63.1 Å². The van der Waals surface area contributed by atoms with Crippen LogP contribution in [0.5, 0.6) is 0 Å². The van der Waals surface area contributed by atoms with Gasteiger partial charge in [-0.1, -0.05) is 16.8 Å². The van der Waals surface area contributed by atoms with Crippen molar-refractivity contribution in [2.45, 2.75) is 12.7 Å². The van der Waals surface area contributed by atoms with Crippen LogP contribution in [0.25, 0.3) is 0 Å². The van der Waals surface area contributed by atoms with Crippen molar-refractivity contribution in [3.05, 3.63) is 40.2 Å². The summed E-state index contributed by atoms with van der Waals surface area (Å²) in [6, 6.07) is 4.52. The fourth-order valence-electron chi connectivity index (χ4n) is 2.14. The summed E-state index contributed by atoms with van der Waals surface area (Å²) in [4.78, 5) is 13.5. The van der Waals surface area contributed by atoms with Crippen LogP contribution < -0.4 is 5.32 Å². The predicted molar refractivity (Wildman–Crippen MR) is 82.8 cm³/mol. The number of nitrogens with one attached hydrogen (secondary N) is 1. The number of halogens is 4.